The van der Waals surface area contributed by atoms with Crippen LogP contribution in [0.2, 0.25) is 0 Å². The van der Waals surface area contributed by atoms with Crippen LogP contribution in [-0.4, -0.2) is 13.6 Å². The smallest absolute Gasteiger partial charge is 0.000756 e. The summed E-state index contributed by atoms with van der Waals surface area (Å²) in [5.74, 6) is 3.34. The molecule has 2 bridgehead atoms. The van der Waals surface area contributed by atoms with Gasteiger partial charge < -0.3 is 5.32 Å². The predicted molar refractivity (Wildman–Crippen MR) is 59.1 cm³/mol. The Labute approximate surface area is 87.7 Å². The summed E-state index contributed by atoms with van der Waals surface area (Å²) >= 11 is 0. The molecular formula is C13H23N. The van der Waals surface area contributed by atoms with Crippen molar-refractivity contribution in [2.45, 2.75) is 44.9 Å². The first kappa shape index (κ1) is 9.21. The van der Waals surface area contributed by atoms with E-state index in [1.165, 1.54) is 25.8 Å². The Balaban J connectivity index is 1.74. The van der Waals surface area contributed by atoms with Crippen LogP contribution in [0.25, 0.3) is 0 Å². The van der Waals surface area contributed by atoms with E-state index >= 15 is 0 Å². The minimum atomic E-state index is 0.745. The maximum atomic E-state index is 3.45. The number of nitrogens with one attached hydrogen (secondary N) is 1. The summed E-state index contributed by atoms with van der Waals surface area (Å²) in [5.41, 5.74) is 0.745. The fourth-order valence-corrected chi connectivity index (χ4v) is 4.66. The van der Waals surface area contributed by atoms with Crippen LogP contribution in [0.4, 0.5) is 0 Å². The van der Waals surface area contributed by atoms with Crippen molar-refractivity contribution < 1.29 is 0 Å². The Morgan fingerprint density at radius 3 is 2.50 bits per heavy atom. The molecule has 3 aliphatic rings. The summed E-state index contributed by atoms with van der Waals surface area (Å²) in [7, 11) is 2.13. The van der Waals surface area contributed by atoms with Crippen LogP contribution in [0.1, 0.15) is 44.9 Å². The van der Waals surface area contributed by atoms with Gasteiger partial charge in [0.25, 0.3) is 0 Å². The minimum absolute atomic E-state index is 0.745. The third-order valence-electron chi connectivity index (χ3n) is 5.40. The van der Waals surface area contributed by atoms with Gasteiger partial charge in [0.15, 0.2) is 0 Å². The molecule has 0 aliphatic heterocycles. The summed E-state index contributed by atoms with van der Waals surface area (Å²) in [5, 5.41) is 3.45. The fourth-order valence-electron chi connectivity index (χ4n) is 4.66. The molecule has 3 aliphatic carbocycles. The van der Waals surface area contributed by atoms with Gasteiger partial charge in [-0.2, -0.15) is 0 Å². The molecule has 3 saturated carbocycles. The second kappa shape index (κ2) is 3.23. The van der Waals surface area contributed by atoms with E-state index in [2.05, 4.69) is 12.4 Å². The maximum absolute atomic E-state index is 3.45. The van der Waals surface area contributed by atoms with Crippen molar-refractivity contribution >= 4 is 0 Å². The maximum Gasteiger partial charge on any atom is 0.000756 e. The molecule has 0 aromatic rings. The van der Waals surface area contributed by atoms with Gasteiger partial charge in [-0.3, -0.25) is 0 Å². The summed E-state index contributed by atoms with van der Waals surface area (Å²) in [6.07, 6.45) is 10.8. The molecule has 0 radical (unpaired) electrons. The second-order valence-electron chi connectivity index (χ2n) is 6.03. The van der Waals surface area contributed by atoms with E-state index in [0.717, 1.165) is 23.2 Å². The highest BCUT2D eigenvalue weighted by Gasteiger charge is 2.52. The lowest BCUT2D eigenvalue weighted by Crippen LogP contribution is -2.46. The van der Waals surface area contributed by atoms with Crippen molar-refractivity contribution in [3.63, 3.8) is 0 Å². The van der Waals surface area contributed by atoms with Crippen LogP contribution in [0.3, 0.4) is 0 Å². The van der Waals surface area contributed by atoms with Gasteiger partial charge in [0.05, 0.1) is 0 Å². The number of hydrogen-bond donors (Lipinski definition) is 1. The summed E-state index contributed by atoms with van der Waals surface area (Å²) in [6, 6.07) is 0. The van der Waals surface area contributed by atoms with Gasteiger partial charge in [0.1, 0.15) is 0 Å². The molecule has 3 unspecified atom stereocenters. The lowest BCUT2D eigenvalue weighted by atomic mass is 9.57. The predicted octanol–water partition coefficient (Wildman–Crippen LogP) is 2.81. The van der Waals surface area contributed by atoms with E-state index in [1.807, 2.05) is 0 Å². The molecule has 0 heterocycles. The van der Waals surface area contributed by atoms with Crippen molar-refractivity contribution in [2.24, 2.45) is 23.2 Å². The molecule has 0 saturated heterocycles. The molecule has 0 spiro atoms. The average molecular weight is 193 g/mol. The van der Waals surface area contributed by atoms with E-state index in [9.17, 15) is 0 Å². The zero-order valence-corrected chi connectivity index (χ0v) is 9.39. The molecule has 14 heavy (non-hydrogen) atoms. The molecule has 0 amide bonds. The van der Waals surface area contributed by atoms with E-state index < -0.39 is 0 Å². The molecule has 0 aromatic heterocycles. The molecule has 1 nitrogen and oxygen atoms in total. The average Bonchev–Trinajstić information content (AvgIpc) is 2.72. The molecule has 3 atom stereocenters. The van der Waals surface area contributed by atoms with Crippen molar-refractivity contribution in [1.29, 1.82) is 0 Å². The topological polar surface area (TPSA) is 12.0 Å². The van der Waals surface area contributed by atoms with Gasteiger partial charge in [0, 0.05) is 6.54 Å². The Hall–Kier alpha value is -0.0400. The standard InChI is InChI=1S/C13H23N/c1-14-9-13(5-2-6-13)12-8-10-3-4-11(12)7-10/h10-12,14H,2-9H2,1H3. The van der Waals surface area contributed by atoms with Gasteiger partial charge in [-0.15, -0.1) is 0 Å². The van der Waals surface area contributed by atoms with Crippen LogP contribution < -0.4 is 5.32 Å². The Kier molecular flexibility index (Phi) is 2.12. The molecule has 0 aromatic carbocycles. The highest BCUT2D eigenvalue weighted by molar-refractivity contribution is 5.03. The van der Waals surface area contributed by atoms with Crippen LogP contribution >= 0.6 is 0 Å². The van der Waals surface area contributed by atoms with E-state index in [1.54, 1.807) is 25.7 Å². The summed E-state index contributed by atoms with van der Waals surface area (Å²) in [4.78, 5) is 0. The molecular weight excluding hydrogens is 170 g/mol. The zero-order chi connectivity index (χ0) is 9.60. The van der Waals surface area contributed by atoms with Gasteiger partial charge in [-0.05, 0) is 62.3 Å². The molecule has 80 valence electrons. The molecule has 3 fully saturated rings. The van der Waals surface area contributed by atoms with Crippen LogP contribution in [0.15, 0.2) is 0 Å². The van der Waals surface area contributed by atoms with Gasteiger partial charge >= 0.3 is 0 Å². The van der Waals surface area contributed by atoms with Crippen LogP contribution in [-0.2, 0) is 0 Å². The van der Waals surface area contributed by atoms with Crippen molar-refractivity contribution in [3.8, 4) is 0 Å². The molecule has 3 rings (SSSR count). The highest BCUT2D eigenvalue weighted by atomic mass is 14.8. The highest BCUT2D eigenvalue weighted by Crippen LogP contribution is 2.60. The van der Waals surface area contributed by atoms with Gasteiger partial charge in [-0.1, -0.05) is 12.8 Å². The largest absolute Gasteiger partial charge is 0.319 e. The van der Waals surface area contributed by atoms with E-state index in [4.69, 9.17) is 0 Å². The number of fused-ring (bicyclic) bond motifs is 2. The lowest BCUT2D eigenvalue weighted by molar-refractivity contribution is 0.0175. The SMILES string of the molecule is CNCC1(C2CC3CCC2C3)CCC1. The fraction of sp³-hybridized carbons (Fsp3) is 1.00. The Morgan fingerprint density at radius 1 is 1.21 bits per heavy atom. The van der Waals surface area contributed by atoms with Gasteiger partial charge in [-0.25, -0.2) is 0 Å². The number of rotatable bonds is 3. The summed E-state index contributed by atoms with van der Waals surface area (Å²) in [6.45, 7) is 1.29. The lowest BCUT2D eigenvalue weighted by Gasteiger charge is -2.50. The van der Waals surface area contributed by atoms with Crippen LogP contribution in [0.5, 0.6) is 0 Å². The van der Waals surface area contributed by atoms with Crippen LogP contribution in [0, 0.1) is 23.2 Å². The Bertz CT molecular complexity index is 219. The Morgan fingerprint density at radius 2 is 2.07 bits per heavy atom. The molecule has 1 N–H and O–H groups in total. The summed E-state index contributed by atoms with van der Waals surface area (Å²) < 4.78 is 0. The van der Waals surface area contributed by atoms with Crippen molar-refractivity contribution in [1.82, 2.24) is 5.32 Å². The first-order chi connectivity index (χ1) is 6.84. The third-order valence-corrected chi connectivity index (χ3v) is 5.40. The second-order valence-corrected chi connectivity index (χ2v) is 6.03. The van der Waals surface area contributed by atoms with Gasteiger partial charge in [0.2, 0.25) is 0 Å². The monoisotopic (exact) mass is 193 g/mol. The van der Waals surface area contributed by atoms with E-state index in [-0.39, 0.29) is 0 Å². The molecule has 1 heteroatoms. The number of hydrogen-bond acceptors (Lipinski definition) is 1. The first-order valence-electron chi connectivity index (χ1n) is 6.49. The van der Waals surface area contributed by atoms with Crippen molar-refractivity contribution in [2.75, 3.05) is 13.6 Å². The third kappa shape index (κ3) is 1.18. The zero-order valence-electron chi connectivity index (χ0n) is 9.39. The van der Waals surface area contributed by atoms with Crippen molar-refractivity contribution in [3.05, 3.63) is 0 Å². The minimum Gasteiger partial charge on any atom is -0.319 e. The first-order valence-corrected chi connectivity index (χ1v) is 6.49. The quantitative estimate of drug-likeness (QED) is 0.727. The normalized spacial score (nSPS) is 43.9. The van der Waals surface area contributed by atoms with E-state index in [0.29, 0.717) is 0 Å².